The first-order valence-electron chi connectivity index (χ1n) is 6.11. The Morgan fingerprint density at radius 3 is 2.80 bits per heavy atom. The zero-order chi connectivity index (χ0) is 14.3. The van der Waals surface area contributed by atoms with Crippen molar-refractivity contribution in [2.75, 3.05) is 7.05 Å². The standard InChI is InChI=1S/C14H13BrN2O2S/c1-16-13(9-6-12(15)20-7-9)8-3-4-10-11(5-8)19-14(18)17(10)2/h3-7,13,16H,1-2H3. The van der Waals surface area contributed by atoms with E-state index < -0.39 is 0 Å². The molecular weight excluding hydrogens is 340 g/mol. The monoisotopic (exact) mass is 352 g/mol. The van der Waals surface area contributed by atoms with Crippen LogP contribution in [0, 0.1) is 0 Å². The van der Waals surface area contributed by atoms with Crippen LogP contribution in [0.1, 0.15) is 17.2 Å². The summed E-state index contributed by atoms with van der Waals surface area (Å²) in [5.41, 5.74) is 3.67. The molecule has 0 fully saturated rings. The van der Waals surface area contributed by atoms with Crippen molar-refractivity contribution in [2.24, 2.45) is 7.05 Å². The van der Waals surface area contributed by atoms with Crippen molar-refractivity contribution in [1.82, 2.24) is 9.88 Å². The third-order valence-electron chi connectivity index (χ3n) is 3.36. The quantitative estimate of drug-likeness (QED) is 0.786. The highest BCUT2D eigenvalue weighted by molar-refractivity contribution is 9.11. The minimum atomic E-state index is -0.337. The highest BCUT2D eigenvalue weighted by Crippen LogP contribution is 2.30. The molecule has 2 heterocycles. The smallest absolute Gasteiger partial charge is 0.408 e. The normalized spacial score (nSPS) is 12.9. The van der Waals surface area contributed by atoms with Gasteiger partial charge in [0.15, 0.2) is 5.58 Å². The summed E-state index contributed by atoms with van der Waals surface area (Å²) in [6.45, 7) is 0. The van der Waals surface area contributed by atoms with Gasteiger partial charge in [-0.05, 0) is 57.7 Å². The molecule has 0 aliphatic rings. The van der Waals surface area contributed by atoms with Gasteiger partial charge in [0.05, 0.1) is 15.3 Å². The van der Waals surface area contributed by atoms with Gasteiger partial charge in [0.1, 0.15) is 0 Å². The van der Waals surface area contributed by atoms with Gasteiger partial charge >= 0.3 is 5.76 Å². The third-order valence-corrected chi connectivity index (χ3v) is 4.88. The van der Waals surface area contributed by atoms with Crippen LogP contribution in [0.5, 0.6) is 0 Å². The summed E-state index contributed by atoms with van der Waals surface area (Å²) < 4.78 is 7.85. The largest absolute Gasteiger partial charge is 0.419 e. The molecule has 0 bridgehead atoms. The number of nitrogens with one attached hydrogen (secondary N) is 1. The first kappa shape index (κ1) is 13.6. The molecule has 104 valence electrons. The third kappa shape index (κ3) is 2.24. The molecular formula is C14H13BrN2O2S. The molecule has 3 rings (SSSR count). The summed E-state index contributed by atoms with van der Waals surface area (Å²) in [5, 5.41) is 5.40. The molecule has 6 heteroatoms. The number of thiophene rings is 1. The Balaban J connectivity index is 2.10. The fraction of sp³-hybridized carbons (Fsp3) is 0.214. The molecule has 20 heavy (non-hydrogen) atoms. The van der Waals surface area contributed by atoms with Crippen LogP contribution >= 0.6 is 27.3 Å². The summed E-state index contributed by atoms with van der Waals surface area (Å²) >= 11 is 5.13. The first-order valence-corrected chi connectivity index (χ1v) is 7.78. The van der Waals surface area contributed by atoms with E-state index in [4.69, 9.17) is 4.42 Å². The first-order chi connectivity index (χ1) is 9.60. The Kier molecular flexibility index (Phi) is 3.54. The fourth-order valence-corrected chi connectivity index (χ4v) is 3.53. The topological polar surface area (TPSA) is 47.2 Å². The average molecular weight is 353 g/mol. The molecule has 4 nitrogen and oxygen atoms in total. The Bertz CT molecular complexity index is 818. The second kappa shape index (κ2) is 5.20. The lowest BCUT2D eigenvalue weighted by Gasteiger charge is -2.15. The highest BCUT2D eigenvalue weighted by atomic mass is 79.9. The van der Waals surface area contributed by atoms with Gasteiger partial charge in [0.25, 0.3) is 0 Å². The van der Waals surface area contributed by atoms with Gasteiger partial charge in [-0.3, -0.25) is 4.57 Å². The van der Waals surface area contributed by atoms with E-state index in [1.807, 2.05) is 25.2 Å². The second-order valence-corrected chi connectivity index (χ2v) is 6.85. The Morgan fingerprint density at radius 1 is 1.35 bits per heavy atom. The number of benzene rings is 1. The van der Waals surface area contributed by atoms with E-state index in [0.29, 0.717) is 5.58 Å². The number of aryl methyl sites for hydroxylation is 1. The van der Waals surface area contributed by atoms with Crippen LogP contribution in [0.4, 0.5) is 0 Å². The van der Waals surface area contributed by atoms with Gasteiger partial charge < -0.3 is 9.73 Å². The summed E-state index contributed by atoms with van der Waals surface area (Å²) in [5.74, 6) is -0.337. The molecule has 0 aliphatic carbocycles. The molecule has 0 saturated heterocycles. The number of oxazole rings is 1. The number of nitrogens with zero attached hydrogens (tertiary/aromatic N) is 1. The Labute approximate surface area is 128 Å². The maximum atomic E-state index is 11.5. The second-order valence-electron chi connectivity index (χ2n) is 4.56. The van der Waals surface area contributed by atoms with Crippen LogP contribution in [0.2, 0.25) is 0 Å². The lowest BCUT2D eigenvalue weighted by molar-refractivity contribution is 0.527. The number of hydrogen-bond donors (Lipinski definition) is 1. The van der Waals surface area contributed by atoms with E-state index in [9.17, 15) is 4.79 Å². The zero-order valence-corrected chi connectivity index (χ0v) is 13.4. The van der Waals surface area contributed by atoms with Crippen molar-refractivity contribution in [3.05, 3.63) is 55.1 Å². The number of aromatic nitrogens is 1. The summed E-state index contributed by atoms with van der Waals surface area (Å²) in [6.07, 6.45) is 0. The number of halogens is 1. The molecule has 0 aliphatic heterocycles. The number of hydrogen-bond acceptors (Lipinski definition) is 4. The van der Waals surface area contributed by atoms with E-state index in [0.717, 1.165) is 14.9 Å². The predicted octanol–water partition coefficient (Wildman–Crippen LogP) is 3.26. The minimum absolute atomic E-state index is 0.0764. The zero-order valence-electron chi connectivity index (χ0n) is 11.0. The van der Waals surface area contributed by atoms with Crippen LogP contribution in [-0.4, -0.2) is 11.6 Å². The Morgan fingerprint density at radius 2 is 2.15 bits per heavy atom. The van der Waals surface area contributed by atoms with Crippen molar-refractivity contribution >= 4 is 38.4 Å². The predicted molar refractivity (Wildman–Crippen MR) is 84.4 cm³/mol. The molecule has 1 N–H and O–H groups in total. The van der Waals surface area contributed by atoms with E-state index in [-0.39, 0.29) is 11.8 Å². The van der Waals surface area contributed by atoms with Crippen molar-refractivity contribution in [3.8, 4) is 0 Å². The van der Waals surface area contributed by atoms with Gasteiger partial charge in [-0.15, -0.1) is 11.3 Å². The van der Waals surface area contributed by atoms with Gasteiger partial charge in [-0.25, -0.2) is 4.79 Å². The Hall–Kier alpha value is -1.37. The molecule has 2 aromatic heterocycles. The average Bonchev–Trinajstić information content (AvgIpc) is 2.96. The number of fused-ring (bicyclic) bond motifs is 1. The van der Waals surface area contributed by atoms with Gasteiger partial charge in [0, 0.05) is 7.05 Å². The van der Waals surface area contributed by atoms with Crippen molar-refractivity contribution in [2.45, 2.75) is 6.04 Å². The van der Waals surface area contributed by atoms with Crippen molar-refractivity contribution in [1.29, 1.82) is 0 Å². The van der Waals surface area contributed by atoms with Gasteiger partial charge in [-0.2, -0.15) is 0 Å². The summed E-state index contributed by atoms with van der Waals surface area (Å²) in [4.78, 5) is 11.5. The molecule has 0 spiro atoms. The van der Waals surface area contributed by atoms with Crippen LogP contribution in [-0.2, 0) is 7.05 Å². The van der Waals surface area contributed by atoms with Crippen LogP contribution in [0.15, 0.2) is 42.6 Å². The van der Waals surface area contributed by atoms with E-state index in [2.05, 4.69) is 32.7 Å². The van der Waals surface area contributed by atoms with Crippen molar-refractivity contribution < 1.29 is 4.42 Å². The molecule has 1 atom stereocenters. The van der Waals surface area contributed by atoms with Crippen LogP contribution in [0.25, 0.3) is 11.1 Å². The maximum Gasteiger partial charge on any atom is 0.419 e. The summed E-state index contributed by atoms with van der Waals surface area (Å²) in [7, 11) is 3.63. The maximum absolute atomic E-state index is 11.5. The van der Waals surface area contributed by atoms with Crippen LogP contribution < -0.4 is 11.1 Å². The van der Waals surface area contributed by atoms with Crippen LogP contribution in [0.3, 0.4) is 0 Å². The molecule has 0 amide bonds. The van der Waals surface area contributed by atoms with Gasteiger partial charge in [-0.1, -0.05) is 6.07 Å². The van der Waals surface area contributed by atoms with E-state index >= 15 is 0 Å². The lowest BCUT2D eigenvalue weighted by Crippen LogP contribution is -2.16. The lowest BCUT2D eigenvalue weighted by atomic mass is 10.0. The van der Waals surface area contributed by atoms with E-state index in [1.54, 1.807) is 18.4 Å². The van der Waals surface area contributed by atoms with E-state index in [1.165, 1.54) is 10.1 Å². The fourth-order valence-electron chi connectivity index (χ4n) is 2.33. The van der Waals surface area contributed by atoms with Gasteiger partial charge in [0.2, 0.25) is 0 Å². The number of rotatable bonds is 3. The summed E-state index contributed by atoms with van der Waals surface area (Å²) in [6, 6.07) is 8.03. The molecule has 1 unspecified atom stereocenters. The highest BCUT2D eigenvalue weighted by Gasteiger charge is 2.15. The molecule has 3 aromatic rings. The molecule has 1 aromatic carbocycles. The minimum Gasteiger partial charge on any atom is -0.408 e. The molecule has 0 radical (unpaired) electrons. The molecule has 0 saturated carbocycles. The van der Waals surface area contributed by atoms with Crippen molar-refractivity contribution in [3.63, 3.8) is 0 Å². The SMILES string of the molecule is CNC(c1csc(Br)c1)c1ccc2c(c1)oc(=O)n2C.